The molecule has 0 fully saturated rings. The van der Waals surface area contributed by atoms with Crippen molar-refractivity contribution in [2.24, 2.45) is 0 Å². The summed E-state index contributed by atoms with van der Waals surface area (Å²) in [6.45, 7) is 0. The second kappa shape index (κ2) is 4.35. The van der Waals surface area contributed by atoms with Crippen LogP contribution in [0.4, 0.5) is 5.95 Å². The Kier molecular flexibility index (Phi) is 2.73. The fraction of sp³-hybridized carbons (Fsp3) is 0. The summed E-state index contributed by atoms with van der Waals surface area (Å²) in [4.78, 5) is 31.9. The maximum absolute atomic E-state index is 11.6. The van der Waals surface area contributed by atoms with Crippen LogP contribution in [0.15, 0.2) is 41.5 Å². The molecule has 1 aromatic heterocycles. The zero-order valence-electron chi connectivity index (χ0n) is 8.18. The third-order valence-corrected chi connectivity index (χ3v) is 1.84. The van der Waals surface area contributed by atoms with Crippen molar-refractivity contribution in [2.75, 3.05) is 5.32 Å². The van der Waals surface area contributed by atoms with E-state index in [1.165, 1.54) is 6.33 Å². The summed E-state index contributed by atoms with van der Waals surface area (Å²) < 4.78 is 0. The lowest BCUT2D eigenvalue weighted by atomic mass is 10.2. The first-order valence-electron chi connectivity index (χ1n) is 4.54. The SMILES string of the molecule is O=C(Nc1nc[nH]c(=O)n1)c1ccccc1. The summed E-state index contributed by atoms with van der Waals surface area (Å²) in [6, 6.07) is 8.60. The molecule has 0 saturated carbocycles. The van der Waals surface area contributed by atoms with Crippen LogP contribution < -0.4 is 11.0 Å². The molecule has 1 amide bonds. The highest BCUT2D eigenvalue weighted by Gasteiger charge is 2.06. The predicted molar refractivity (Wildman–Crippen MR) is 57.0 cm³/mol. The summed E-state index contributed by atoms with van der Waals surface area (Å²) in [5.41, 5.74) is -0.0789. The van der Waals surface area contributed by atoms with Crippen molar-refractivity contribution in [2.45, 2.75) is 0 Å². The maximum atomic E-state index is 11.6. The van der Waals surface area contributed by atoms with Crippen LogP contribution in [-0.4, -0.2) is 20.9 Å². The molecule has 0 spiro atoms. The first kappa shape index (κ1) is 10.0. The molecule has 0 saturated heterocycles. The Morgan fingerprint density at radius 1 is 1.25 bits per heavy atom. The second-order valence-electron chi connectivity index (χ2n) is 2.96. The molecule has 6 nitrogen and oxygen atoms in total. The molecule has 0 atom stereocenters. The molecule has 16 heavy (non-hydrogen) atoms. The van der Waals surface area contributed by atoms with Crippen LogP contribution in [0.1, 0.15) is 10.4 Å². The smallest absolute Gasteiger partial charge is 0.296 e. The minimum absolute atomic E-state index is 0.0161. The molecule has 2 aromatic rings. The molecule has 80 valence electrons. The van der Waals surface area contributed by atoms with E-state index >= 15 is 0 Å². The quantitative estimate of drug-likeness (QED) is 0.761. The van der Waals surface area contributed by atoms with Crippen molar-refractivity contribution in [3.05, 3.63) is 52.7 Å². The van der Waals surface area contributed by atoms with Crippen molar-refractivity contribution in [1.82, 2.24) is 15.0 Å². The van der Waals surface area contributed by atoms with Gasteiger partial charge in [-0.15, -0.1) is 0 Å². The number of benzene rings is 1. The van der Waals surface area contributed by atoms with Crippen LogP contribution in [0.25, 0.3) is 0 Å². The zero-order valence-corrected chi connectivity index (χ0v) is 8.18. The monoisotopic (exact) mass is 216 g/mol. The fourth-order valence-corrected chi connectivity index (χ4v) is 1.13. The molecule has 2 N–H and O–H groups in total. The highest BCUT2D eigenvalue weighted by molar-refractivity contribution is 6.03. The molecule has 0 aliphatic rings. The number of hydrogen-bond acceptors (Lipinski definition) is 4. The van der Waals surface area contributed by atoms with Gasteiger partial charge in [0.25, 0.3) is 5.91 Å². The molecule has 2 rings (SSSR count). The largest absolute Gasteiger partial charge is 0.349 e. The van der Waals surface area contributed by atoms with E-state index in [9.17, 15) is 9.59 Å². The van der Waals surface area contributed by atoms with Crippen LogP contribution in [0, 0.1) is 0 Å². The van der Waals surface area contributed by atoms with Crippen molar-refractivity contribution < 1.29 is 4.79 Å². The fourth-order valence-electron chi connectivity index (χ4n) is 1.13. The summed E-state index contributed by atoms with van der Waals surface area (Å²) in [5, 5.41) is 2.42. The highest BCUT2D eigenvalue weighted by Crippen LogP contribution is 2.01. The van der Waals surface area contributed by atoms with Gasteiger partial charge in [0.15, 0.2) is 0 Å². The first-order valence-corrected chi connectivity index (χ1v) is 4.54. The molecule has 6 heteroatoms. The van der Waals surface area contributed by atoms with Gasteiger partial charge >= 0.3 is 5.69 Å². The number of anilines is 1. The van der Waals surface area contributed by atoms with Crippen LogP contribution in [0.3, 0.4) is 0 Å². The number of carbonyl (C=O) groups is 1. The molecule has 0 aliphatic carbocycles. The third kappa shape index (κ3) is 2.30. The molecule has 0 aliphatic heterocycles. The summed E-state index contributed by atoms with van der Waals surface area (Å²) in [5.74, 6) is -0.371. The Bertz CT molecular complexity index is 550. The first-order chi connectivity index (χ1) is 7.75. The van der Waals surface area contributed by atoms with Gasteiger partial charge in [-0.05, 0) is 12.1 Å². The number of nitrogens with zero attached hydrogens (tertiary/aromatic N) is 2. The molecule has 0 bridgehead atoms. The van der Waals surface area contributed by atoms with E-state index < -0.39 is 5.69 Å². The van der Waals surface area contributed by atoms with Gasteiger partial charge < -0.3 is 0 Å². The van der Waals surface area contributed by atoms with Gasteiger partial charge in [0, 0.05) is 5.56 Å². The number of H-pyrrole nitrogens is 1. The zero-order chi connectivity index (χ0) is 11.4. The van der Waals surface area contributed by atoms with Crippen LogP contribution in [-0.2, 0) is 0 Å². The van der Waals surface area contributed by atoms with Crippen molar-refractivity contribution in [3.63, 3.8) is 0 Å². The van der Waals surface area contributed by atoms with Crippen molar-refractivity contribution in [1.29, 1.82) is 0 Å². The maximum Gasteiger partial charge on any atom is 0.349 e. The van der Waals surface area contributed by atoms with Gasteiger partial charge in [0.2, 0.25) is 5.95 Å². The van der Waals surface area contributed by atoms with Crippen molar-refractivity contribution in [3.8, 4) is 0 Å². The van der Waals surface area contributed by atoms with Gasteiger partial charge in [-0.2, -0.15) is 4.98 Å². The Labute approximate surface area is 90.4 Å². The van der Waals surface area contributed by atoms with Gasteiger partial charge in [0.05, 0.1) is 0 Å². The second-order valence-corrected chi connectivity index (χ2v) is 2.96. The van der Waals surface area contributed by atoms with Gasteiger partial charge in [-0.3, -0.25) is 15.1 Å². The Morgan fingerprint density at radius 3 is 2.69 bits per heavy atom. The molecular weight excluding hydrogens is 208 g/mol. The van der Waals surface area contributed by atoms with Gasteiger partial charge in [0.1, 0.15) is 6.33 Å². The predicted octanol–water partition coefficient (Wildman–Crippen LogP) is 0.417. The lowest BCUT2D eigenvalue weighted by molar-refractivity contribution is 0.102. The molecule has 0 unspecified atom stereocenters. The summed E-state index contributed by atoms with van der Waals surface area (Å²) >= 11 is 0. The number of aromatic nitrogens is 3. The minimum atomic E-state index is -0.557. The molecule has 1 aromatic carbocycles. The van der Waals surface area contributed by atoms with E-state index in [1.54, 1.807) is 30.3 Å². The number of carbonyl (C=O) groups excluding carboxylic acids is 1. The van der Waals surface area contributed by atoms with E-state index in [4.69, 9.17) is 0 Å². The highest BCUT2D eigenvalue weighted by atomic mass is 16.2. The number of nitrogens with one attached hydrogen (secondary N) is 2. The van der Waals surface area contributed by atoms with Gasteiger partial charge in [-0.1, -0.05) is 18.2 Å². The van der Waals surface area contributed by atoms with Crippen LogP contribution >= 0.6 is 0 Å². The molecule has 1 heterocycles. The number of rotatable bonds is 2. The van der Waals surface area contributed by atoms with Crippen LogP contribution in [0.5, 0.6) is 0 Å². The Hall–Kier alpha value is -2.50. The number of amides is 1. The normalized spacial score (nSPS) is 9.75. The van der Waals surface area contributed by atoms with Crippen molar-refractivity contribution >= 4 is 11.9 Å². The van der Waals surface area contributed by atoms with Crippen LogP contribution in [0.2, 0.25) is 0 Å². The van der Waals surface area contributed by atoms with E-state index in [2.05, 4.69) is 20.3 Å². The standard InChI is InChI=1S/C10H8N4O2/c15-8(7-4-2-1-3-5-7)13-9-11-6-12-10(16)14-9/h1-6H,(H2,11,12,13,14,15,16). The lowest BCUT2D eigenvalue weighted by Gasteiger charge is -2.01. The Morgan fingerprint density at radius 2 is 2.00 bits per heavy atom. The third-order valence-electron chi connectivity index (χ3n) is 1.84. The molecule has 0 radical (unpaired) electrons. The number of aromatic amines is 1. The molecular formula is C10H8N4O2. The average Bonchev–Trinajstić information content (AvgIpc) is 2.30. The minimum Gasteiger partial charge on any atom is -0.296 e. The lowest BCUT2D eigenvalue weighted by Crippen LogP contribution is -2.19. The number of hydrogen-bond donors (Lipinski definition) is 2. The summed E-state index contributed by atoms with van der Waals surface area (Å²) in [6.07, 6.45) is 1.18. The average molecular weight is 216 g/mol. The Balaban J connectivity index is 2.17. The topological polar surface area (TPSA) is 87.7 Å². The summed E-state index contributed by atoms with van der Waals surface area (Å²) in [7, 11) is 0. The van der Waals surface area contributed by atoms with E-state index in [1.807, 2.05) is 0 Å². The van der Waals surface area contributed by atoms with E-state index in [0.29, 0.717) is 5.56 Å². The van der Waals surface area contributed by atoms with E-state index in [0.717, 1.165) is 0 Å². The van der Waals surface area contributed by atoms with E-state index in [-0.39, 0.29) is 11.9 Å². The van der Waals surface area contributed by atoms with Gasteiger partial charge in [-0.25, -0.2) is 9.78 Å².